The summed E-state index contributed by atoms with van der Waals surface area (Å²) in [7, 11) is -3.21. The Morgan fingerprint density at radius 3 is 2.67 bits per heavy atom. The molecule has 0 aromatic heterocycles. The van der Waals surface area contributed by atoms with Crippen LogP contribution in [0.5, 0.6) is 0 Å². The Balaban J connectivity index is 2.53. The molecular weight excluding hydrogens is 435 g/mol. The smallest absolute Gasteiger partial charge is 0.252 e. The average Bonchev–Trinajstić information content (AvgIpc) is 2.26. The fraction of sp³-hybridized carbons (Fsp3) is 0.300. The molecule has 0 saturated carbocycles. The SMILES string of the molecule is CS(=O)(=O)NCCNC(=O)c1cc(I)ccc1Br. The molecule has 0 aliphatic rings. The summed E-state index contributed by atoms with van der Waals surface area (Å²) >= 11 is 5.41. The number of amides is 1. The van der Waals surface area contributed by atoms with E-state index < -0.39 is 10.0 Å². The lowest BCUT2D eigenvalue weighted by Gasteiger charge is -2.07. The van der Waals surface area contributed by atoms with Gasteiger partial charge in [0.2, 0.25) is 10.0 Å². The Hall–Kier alpha value is -0.190. The molecule has 1 amide bonds. The number of hydrogen-bond acceptors (Lipinski definition) is 3. The third-order valence-corrected chi connectivity index (χ3v) is 4.04. The summed E-state index contributed by atoms with van der Waals surface area (Å²) in [5.74, 6) is -0.240. The summed E-state index contributed by atoms with van der Waals surface area (Å²) in [5.41, 5.74) is 0.529. The van der Waals surface area contributed by atoms with Crippen molar-refractivity contribution in [2.75, 3.05) is 19.3 Å². The highest BCUT2D eigenvalue weighted by Gasteiger charge is 2.10. The second-order valence-electron chi connectivity index (χ2n) is 3.55. The van der Waals surface area contributed by atoms with Crippen LogP contribution in [-0.4, -0.2) is 33.7 Å². The van der Waals surface area contributed by atoms with Gasteiger partial charge in [-0.15, -0.1) is 0 Å². The molecule has 0 saturated heterocycles. The minimum absolute atomic E-state index is 0.173. The third-order valence-electron chi connectivity index (χ3n) is 1.95. The molecular formula is C10H12BrIN2O3S. The maximum atomic E-state index is 11.8. The number of carbonyl (C=O) groups excluding carboxylic acids is 1. The van der Waals surface area contributed by atoms with Crippen LogP contribution in [0.15, 0.2) is 22.7 Å². The highest BCUT2D eigenvalue weighted by Crippen LogP contribution is 2.19. The van der Waals surface area contributed by atoms with E-state index in [0.717, 1.165) is 9.83 Å². The Kier molecular flexibility index (Phi) is 6.02. The Bertz CT molecular complexity index is 548. The molecule has 100 valence electrons. The van der Waals surface area contributed by atoms with E-state index in [2.05, 4.69) is 48.6 Å². The van der Waals surface area contributed by atoms with Crippen LogP contribution in [0, 0.1) is 3.57 Å². The molecule has 2 N–H and O–H groups in total. The lowest BCUT2D eigenvalue weighted by Crippen LogP contribution is -2.34. The normalized spacial score (nSPS) is 11.3. The van der Waals surface area contributed by atoms with E-state index in [-0.39, 0.29) is 19.0 Å². The molecule has 1 aromatic carbocycles. The molecule has 0 aliphatic heterocycles. The van der Waals surface area contributed by atoms with Crippen LogP contribution < -0.4 is 10.0 Å². The van der Waals surface area contributed by atoms with E-state index in [1.54, 1.807) is 12.1 Å². The summed E-state index contributed by atoms with van der Waals surface area (Å²) in [5, 5.41) is 2.64. The van der Waals surface area contributed by atoms with Gasteiger partial charge >= 0.3 is 0 Å². The van der Waals surface area contributed by atoms with E-state index in [4.69, 9.17) is 0 Å². The van der Waals surface area contributed by atoms with Gasteiger partial charge in [0.15, 0.2) is 0 Å². The number of sulfonamides is 1. The number of halogens is 2. The first kappa shape index (κ1) is 15.9. The van der Waals surface area contributed by atoms with Gasteiger partial charge in [-0.1, -0.05) is 0 Å². The van der Waals surface area contributed by atoms with Crippen LogP contribution in [0.25, 0.3) is 0 Å². The number of carbonyl (C=O) groups is 1. The first-order valence-electron chi connectivity index (χ1n) is 4.97. The van der Waals surface area contributed by atoms with Gasteiger partial charge in [0.05, 0.1) is 11.8 Å². The van der Waals surface area contributed by atoms with Crippen molar-refractivity contribution in [1.29, 1.82) is 0 Å². The second kappa shape index (κ2) is 6.83. The van der Waals surface area contributed by atoms with Crippen molar-refractivity contribution in [2.45, 2.75) is 0 Å². The minimum atomic E-state index is -3.21. The fourth-order valence-electron chi connectivity index (χ4n) is 1.18. The van der Waals surface area contributed by atoms with E-state index >= 15 is 0 Å². The number of benzene rings is 1. The van der Waals surface area contributed by atoms with Crippen molar-refractivity contribution in [3.05, 3.63) is 31.8 Å². The first-order valence-corrected chi connectivity index (χ1v) is 8.74. The van der Waals surface area contributed by atoms with E-state index in [1.807, 2.05) is 6.07 Å². The highest BCUT2D eigenvalue weighted by molar-refractivity contribution is 14.1. The second-order valence-corrected chi connectivity index (χ2v) is 7.48. The molecule has 1 aromatic rings. The van der Waals surface area contributed by atoms with Crippen molar-refractivity contribution < 1.29 is 13.2 Å². The minimum Gasteiger partial charge on any atom is -0.351 e. The van der Waals surface area contributed by atoms with Gasteiger partial charge in [-0.3, -0.25) is 4.79 Å². The Labute approximate surface area is 128 Å². The molecule has 0 heterocycles. The zero-order valence-corrected chi connectivity index (χ0v) is 14.1. The molecule has 0 radical (unpaired) electrons. The zero-order chi connectivity index (χ0) is 13.8. The topological polar surface area (TPSA) is 75.3 Å². The quantitative estimate of drug-likeness (QED) is 0.529. The van der Waals surface area contributed by atoms with E-state index in [9.17, 15) is 13.2 Å². The Morgan fingerprint density at radius 1 is 1.39 bits per heavy atom. The zero-order valence-electron chi connectivity index (χ0n) is 9.54. The molecule has 18 heavy (non-hydrogen) atoms. The summed E-state index contributed by atoms with van der Waals surface area (Å²) in [4.78, 5) is 11.8. The maximum absolute atomic E-state index is 11.8. The Morgan fingerprint density at radius 2 is 2.06 bits per heavy atom. The standard InChI is InChI=1S/C10H12BrIN2O3S/c1-18(16,17)14-5-4-13-10(15)8-6-7(12)2-3-9(8)11/h2-3,6,14H,4-5H2,1H3,(H,13,15). The monoisotopic (exact) mass is 446 g/mol. The molecule has 0 spiro atoms. The van der Waals surface area contributed by atoms with E-state index in [1.165, 1.54) is 0 Å². The van der Waals surface area contributed by atoms with Crippen LogP contribution in [0.2, 0.25) is 0 Å². The van der Waals surface area contributed by atoms with Gasteiger partial charge in [-0.2, -0.15) is 0 Å². The summed E-state index contributed by atoms with van der Waals surface area (Å²) in [6.07, 6.45) is 1.07. The molecule has 0 unspecified atom stereocenters. The highest BCUT2D eigenvalue weighted by atomic mass is 127. The number of hydrogen-bond donors (Lipinski definition) is 2. The molecule has 0 aliphatic carbocycles. The van der Waals surface area contributed by atoms with Gasteiger partial charge in [0, 0.05) is 21.1 Å². The van der Waals surface area contributed by atoms with Crippen molar-refractivity contribution in [2.24, 2.45) is 0 Å². The van der Waals surface area contributed by atoms with Gasteiger partial charge in [-0.05, 0) is 56.7 Å². The third kappa shape index (κ3) is 5.63. The average molecular weight is 447 g/mol. The summed E-state index contributed by atoms with van der Waals surface area (Å²) < 4.78 is 25.6. The van der Waals surface area contributed by atoms with Crippen LogP contribution in [-0.2, 0) is 10.0 Å². The first-order chi connectivity index (χ1) is 8.29. The van der Waals surface area contributed by atoms with Gasteiger partial charge in [0.1, 0.15) is 0 Å². The maximum Gasteiger partial charge on any atom is 0.252 e. The van der Waals surface area contributed by atoms with Crippen LogP contribution in [0.3, 0.4) is 0 Å². The van der Waals surface area contributed by atoms with Gasteiger partial charge < -0.3 is 5.32 Å². The summed E-state index contributed by atoms with van der Waals surface area (Å²) in [6.45, 7) is 0.413. The van der Waals surface area contributed by atoms with Crippen molar-refractivity contribution in [3.63, 3.8) is 0 Å². The fourth-order valence-corrected chi connectivity index (χ4v) is 2.57. The van der Waals surface area contributed by atoms with Crippen LogP contribution >= 0.6 is 38.5 Å². The lowest BCUT2D eigenvalue weighted by atomic mass is 10.2. The molecule has 1 rings (SSSR count). The number of nitrogens with one attached hydrogen (secondary N) is 2. The predicted molar refractivity (Wildman–Crippen MR) is 82.0 cm³/mol. The molecule has 8 heteroatoms. The number of rotatable bonds is 5. The van der Waals surface area contributed by atoms with Crippen molar-refractivity contribution >= 4 is 54.5 Å². The van der Waals surface area contributed by atoms with Crippen molar-refractivity contribution in [3.8, 4) is 0 Å². The molecule has 5 nitrogen and oxygen atoms in total. The summed E-state index contributed by atoms with van der Waals surface area (Å²) in [6, 6.07) is 5.43. The lowest BCUT2D eigenvalue weighted by molar-refractivity contribution is 0.0953. The van der Waals surface area contributed by atoms with Crippen LogP contribution in [0.4, 0.5) is 0 Å². The van der Waals surface area contributed by atoms with Gasteiger partial charge in [-0.25, -0.2) is 13.1 Å². The van der Waals surface area contributed by atoms with E-state index in [0.29, 0.717) is 10.0 Å². The van der Waals surface area contributed by atoms with Crippen LogP contribution in [0.1, 0.15) is 10.4 Å². The molecule has 0 bridgehead atoms. The molecule has 0 atom stereocenters. The van der Waals surface area contributed by atoms with Crippen molar-refractivity contribution in [1.82, 2.24) is 10.0 Å². The largest absolute Gasteiger partial charge is 0.351 e. The van der Waals surface area contributed by atoms with Gasteiger partial charge in [0.25, 0.3) is 5.91 Å². The molecule has 0 fully saturated rings. The predicted octanol–water partition coefficient (Wildman–Crippen LogP) is 1.33.